The van der Waals surface area contributed by atoms with E-state index in [9.17, 15) is 9.18 Å². The van der Waals surface area contributed by atoms with Crippen LogP contribution in [0.25, 0.3) is 0 Å². The Morgan fingerprint density at radius 3 is 2.34 bits per heavy atom. The summed E-state index contributed by atoms with van der Waals surface area (Å²) >= 11 is 0. The Hall–Kier alpha value is -2.74. The molecule has 2 saturated heterocycles. The van der Waals surface area contributed by atoms with Crippen LogP contribution in [0.1, 0.15) is 32.3 Å². The summed E-state index contributed by atoms with van der Waals surface area (Å²) in [6.07, 6.45) is 4.04. The highest BCUT2D eigenvalue weighted by Gasteiger charge is 2.54. The first-order valence-corrected chi connectivity index (χ1v) is 11.4. The van der Waals surface area contributed by atoms with Crippen LogP contribution < -0.4 is 4.90 Å². The maximum absolute atomic E-state index is 13.1. The lowest BCUT2D eigenvalue weighted by Crippen LogP contribution is -2.65. The van der Waals surface area contributed by atoms with Gasteiger partial charge in [-0.1, -0.05) is 30.3 Å². The molecule has 1 aromatic heterocycles. The molecule has 3 heterocycles. The number of likely N-dealkylation sites (tertiary alicyclic amines) is 1. The summed E-state index contributed by atoms with van der Waals surface area (Å²) in [4.78, 5) is 27.4. The average Bonchev–Trinajstić information content (AvgIpc) is 2.71. The molecule has 1 saturated carbocycles. The van der Waals surface area contributed by atoms with Gasteiger partial charge < -0.3 is 9.64 Å². The summed E-state index contributed by atoms with van der Waals surface area (Å²) in [5.74, 6) is 0.0362. The average molecular weight is 440 g/mol. The number of ether oxygens (including phenoxy) is 1. The van der Waals surface area contributed by atoms with Gasteiger partial charge in [0.05, 0.1) is 24.5 Å². The number of carbonyl (C=O) groups is 1. The van der Waals surface area contributed by atoms with Crippen LogP contribution >= 0.6 is 0 Å². The predicted molar refractivity (Wildman–Crippen MR) is 119 cm³/mol. The Balaban J connectivity index is 1.09. The number of hydrogen-bond acceptors (Lipinski definition) is 6. The van der Waals surface area contributed by atoms with Gasteiger partial charge in [0.2, 0.25) is 5.95 Å². The highest BCUT2D eigenvalue weighted by Crippen LogP contribution is 2.50. The number of piperazine rings is 1. The molecule has 1 spiro atoms. The third-order valence-electron chi connectivity index (χ3n) is 6.98. The molecule has 1 aromatic carbocycles. The molecule has 2 atom stereocenters. The summed E-state index contributed by atoms with van der Waals surface area (Å²) in [5.41, 5.74) is 1.67. The summed E-state index contributed by atoms with van der Waals surface area (Å²) in [7, 11) is 0. The van der Waals surface area contributed by atoms with E-state index in [0.29, 0.717) is 24.5 Å². The van der Waals surface area contributed by atoms with Crippen molar-refractivity contribution in [2.75, 3.05) is 31.1 Å². The lowest BCUT2D eigenvalue weighted by molar-refractivity contribution is -0.137. The van der Waals surface area contributed by atoms with Gasteiger partial charge in [-0.05, 0) is 32.3 Å². The number of benzene rings is 1. The quantitative estimate of drug-likeness (QED) is 0.729. The van der Waals surface area contributed by atoms with Crippen LogP contribution in [-0.2, 0) is 11.3 Å². The fraction of sp³-hybridized carbons (Fsp3) is 0.542. The molecule has 32 heavy (non-hydrogen) atoms. The maximum Gasteiger partial charge on any atom is 0.410 e. The van der Waals surface area contributed by atoms with Gasteiger partial charge in [0.25, 0.3) is 0 Å². The Morgan fingerprint density at radius 2 is 1.72 bits per heavy atom. The second kappa shape index (κ2) is 8.31. The molecule has 8 heteroatoms. The molecule has 2 aromatic rings. The molecule has 3 aliphatic rings. The van der Waals surface area contributed by atoms with E-state index in [1.165, 1.54) is 18.0 Å². The molecular weight excluding hydrogens is 409 g/mol. The molecule has 0 unspecified atom stereocenters. The van der Waals surface area contributed by atoms with E-state index in [1.807, 2.05) is 29.7 Å². The van der Waals surface area contributed by atoms with E-state index in [4.69, 9.17) is 4.74 Å². The summed E-state index contributed by atoms with van der Waals surface area (Å²) in [5, 5.41) is 0. The zero-order valence-corrected chi connectivity index (χ0v) is 18.7. The number of anilines is 1. The van der Waals surface area contributed by atoms with Crippen molar-refractivity contribution in [3.63, 3.8) is 0 Å². The van der Waals surface area contributed by atoms with Gasteiger partial charge >= 0.3 is 6.09 Å². The zero-order chi connectivity index (χ0) is 22.3. The maximum atomic E-state index is 13.1. The van der Waals surface area contributed by atoms with E-state index in [2.05, 4.69) is 39.1 Å². The van der Waals surface area contributed by atoms with Crippen LogP contribution in [0, 0.1) is 11.2 Å². The predicted octanol–water partition coefficient (Wildman–Crippen LogP) is 3.32. The van der Waals surface area contributed by atoms with Gasteiger partial charge in [0.15, 0.2) is 5.82 Å². The number of aromatic nitrogens is 2. The summed E-state index contributed by atoms with van der Waals surface area (Å²) < 4.78 is 19.0. The SMILES string of the molecule is C[C@@H]1CN(c2ncc(F)cn2)C[C@@H](C)N1C(=O)OC1CC2(C1)CN(Cc1ccccc1)C2. The van der Waals surface area contributed by atoms with Crippen molar-refractivity contribution in [2.24, 2.45) is 5.41 Å². The second-order valence-electron chi connectivity index (χ2n) is 9.76. The van der Waals surface area contributed by atoms with Crippen LogP contribution in [0.2, 0.25) is 0 Å². The fourth-order valence-corrected chi connectivity index (χ4v) is 5.62. The Bertz CT molecular complexity index is 931. The fourth-order valence-electron chi connectivity index (χ4n) is 5.62. The van der Waals surface area contributed by atoms with Crippen LogP contribution in [-0.4, -0.2) is 70.2 Å². The van der Waals surface area contributed by atoms with Gasteiger partial charge in [-0.2, -0.15) is 0 Å². The Kier molecular flexibility index (Phi) is 5.49. The topological polar surface area (TPSA) is 61.8 Å². The van der Waals surface area contributed by atoms with Crippen molar-refractivity contribution in [3.05, 3.63) is 54.1 Å². The molecule has 1 aliphatic carbocycles. The number of halogens is 1. The highest BCUT2D eigenvalue weighted by molar-refractivity contribution is 5.69. The number of carbonyl (C=O) groups excluding carboxylic acids is 1. The van der Waals surface area contributed by atoms with Gasteiger partial charge in [0.1, 0.15) is 6.10 Å². The molecule has 170 valence electrons. The molecule has 5 rings (SSSR count). The lowest BCUT2D eigenvalue weighted by atomic mass is 9.61. The number of nitrogens with zero attached hydrogens (tertiary/aromatic N) is 5. The van der Waals surface area contributed by atoms with Gasteiger partial charge in [-0.3, -0.25) is 9.80 Å². The normalized spacial score (nSPS) is 25.3. The molecule has 7 nitrogen and oxygen atoms in total. The number of amides is 1. The lowest BCUT2D eigenvalue weighted by Gasteiger charge is -2.58. The van der Waals surface area contributed by atoms with Crippen molar-refractivity contribution in [2.45, 2.75) is 51.4 Å². The monoisotopic (exact) mass is 439 g/mol. The molecule has 0 N–H and O–H groups in total. The van der Waals surface area contributed by atoms with Crippen molar-refractivity contribution < 1.29 is 13.9 Å². The van der Waals surface area contributed by atoms with Crippen LogP contribution in [0.15, 0.2) is 42.7 Å². The second-order valence-corrected chi connectivity index (χ2v) is 9.76. The third-order valence-corrected chi connectivity index (χ3v) is 6.98. The molecule has 1 amide bonds. The van der Waals surface area contributed by atoms with Crippen LogP contribution in [0.4, 0.5) is 15.1 Å². The van der Waals surface area contributed by atoms with Crippen LogP contribution in [0.5, 0.6) is 0 Å². The summed E-state index contributed by atoms with van der Waals surface area (Å²) in [6.45, 7) is 8.34. The van der Waals surface area contributed by atoms with E-state index < -0.39 is 5.82 Å². The molecular formula is C24H30FN5O2. The smallest absolute Gasteiger partial charge is 0.410 e. The minimum absolute atomic E-state index is 0.0132. The Labute approximate surface area is 188 Å². The van der Waals surface area contributed by atoms with Crippen molar-refractivity contribution >= 4 is 12.0 Å². The molecule has 0 bridgehead atoms. The Morgan fingerprint density at radius 1 is 1.09 bits per heavy atom. The van der Waals surface area contributed by atoms with Crippen LogP contribution in [0.3, 0.4) is 0 Å². The first-order chi connectivity index (χ1) is 15.4. The zero-order valence-electron chi connectivity index (χ0n) is 18.7. The minimum Gasteiger partial charge on any atom is -0.446 e. The first kappa shape index (κ1) is 21.1. The van der Waals surface area contributed by atoms with Crippen molar-refractivity contribution in [1.29, 1.82) is 0 Å². The standard InChI is InChI=1S/C24H30FN5O2/c1-17-12-29(22-26-10-20(25)11-27-22)13-18(2)30(17)23(31)32-21-8-24(9-21)15-28(16-24)14-19-6-4-3-5-7-19/h3-7,10-11,17-18,21H,8-9,12-16H2,1-2H3/t17-,18-/m1/s1. The van der Waals surface area contributed by atoms with E-state index in [1.54, 1.807) is 0 Å². The highest BCUT2D eigenvalue weighted by atomic mass is 19.1. The van der Waals surface area contributed by atoms with Gasteiger partial charge in [-0.25, -0.2) is 19.2 Å². The van der Waals surface area contributed by atoms with Crippen molar-refractivity contribution in [3.8, 4) is 0 Å². The van der Waals surface area contributed by atoms with Crippen molar-refractivity contribution in [1.82, 2.24) is 19.8 Å². The number of rotatable bonds is 4. The molecule has 0 radical (unpaired) electrons. The van der Waals surface area contributed by atoms with E-state index >= 15 is 0 Å². The molecule has 2 aliphatic heterocycles. The minimum atomic E-state index is -0.454. The largest absolute Gasteiger partial charge is 0.446 e. The molecule has 3 fully saturated rings. The van der Waals surface area contributed by atoms with E-state index in [-0.39, 0.29) is 24.3 Å². The third kappa shape index (κ3) is 4.16. The van der Waals surface area contributed by atoms with Gasteiger partial charge in [-0.15, -0.1) is 0 Å². The summed E-state index contributed by atoms with van der Waals surface area (Å²) in [6, 6.07) is 10.5. The van der Waals surface area contributed by atoms with E-state index in [0.717, 1.165) is 32.5 Å². The first-order valence-electron chi connectivity index (χ1n) is 11.4. The van der Waals surface area contributed by atoms with Gasteiger partial charge in [0, 0.05) is 38.1 Å². The number of hydrogen-bond donors (Lipinski definition) is 0.